The number of esters is 1. The zero-order valence-corrected chi connectivity index (χ0v) is 13.6. The monoisotopic (exact) mass is 311 g/mol. The minimum Gasteiger partial charge on any atom is -0.452 e. The third-order valence-electron chi connectivity index (χ3n) is 3.38. The third kappa shape index (κ3) is 4.95. The second kappa shape index (κ2) is 7.09. The van der Waals surface area contributed by atoms with E-state index < -0.39 is 5.97 Å². The molecule has 0 bridgehead atoms. The first-order chi connectivity index (χ1) is 10.9. The standard InChI is InChI=1S/C19H21NO3/c1-19(2,3)15-9-11-16(12-10-15)20-17(21)13-23-18(22)14-7-5-4-6-8-14/h4-12H,13H2,1-3H3,(H,20,21). The zero-order chi connectivity index (χ0) is 16.9. The summed E-state index contributed by atoms with van der Waals surface area (Å²) in [5.74, 6) is -0.873. The molecule has 0 spiro atoms. The molecular formula is C19H21NO3. The number of rotatable bonds is 4. The van der Waals surface area contributed by atoms with Crippen molar-refractivity contribution in [1.82, 2.24) is 0 Å². The number of carbonyl (C=O) groups excluding carboxylic acids is 2. The maximum Gasteiger partial charge on any atom is 0.338 e. The number of ether oxygens (including phenoxy) is 1. The molecule has 0 unspecified atom stereocenters. The Morgan fingerprint density at radius 2 is 1.57 bits per heavy atom. The van der Waals surface area contributed by atoms with Gasteiger partial charge in [0.2, 0.25) is 0 Å². The summed E-state index contributed by atoms with van der Waals surface area (Å²) in [4.78, 5) is 23.6. The van der Waals surface area contributed by atoms with Gasteiger partial charge in [-0.15, -0.1) is 0 Å². The molecule has 4 heteroatoms. The van der Waals surface area contributed by atoms with Gasteiger partial charge in [0.05, 0.1) is 5.56 Å². The van der Waals surface area contributed by atoms with E-state index in [4.69, 9.17) is 4.74 Å². The predicted octanol–water partition coefficient (Wildman–Crippen LogP) is 3.78. The number of carbonyl (C=O) groups is 2. The molecule has 0 saturated heterocycles. The van der Waals surface area contributed by atoms with Crippen LogP contribution in [0.4, 0.5) is 5.69 Å². The van der Waals surface area contributed by atoms with Gasteiger partial charge < -0.3 is 10.1 Å². The molecule has 4 nitrogen and oxygen atoms in total. The summed E-state index contributed by atoms with van der Waals surface area (Å²) in [6.07, 6.45) is 0. The average Bonchev–Trinajstić information content (AvgIpc) is 2.53. The smallest absolute Gasteiger partial charge is 0.338 e. The van der Waals surface area contributed by atoms with Crippen LogP contribution in [0.5, 0.6) is 0 Å². The zero-order valence-electron chi connectivity index (χ0n) is 13.6. The second-order valence-electron chi connectivity index (χ2n) is 6.32. The Labute approximate surface area is 136 Å². The summed E-state index contributed by atoms with van der Waals surface area (Å²) in [7, 11) is 0. The summed E-state index contributed by atoms with van der Waals surface area (Å²) in [5, 5.41) is 2.71. The Kier molecular flexibility index (Phi) is 5.16. The molecule has 0 radical (unpaired) electrons. The molecule has 1 amide bonds. The van der Waals surface area contributed by atoms with Crippen molar-refractivity contribution in [3.63, 3.8) is 0 Å². The molecule has 0 aliphatic heterocycles. The lowest BCUT2D eigenvalue weighted by atomic mass is 9.87. The fourth-order valence-electron chi connectivity index (χ4n) is 2.04. The van der Waals surface area contributed by atoms with Gasteiger partial charge in [0.1, 0.15) is 0 Å². The highest BCUT2D eigenvalue weighted by Gasteiger charge is 2.14. The van der Waals surface area contributed by atoms with E-state index in [0.717, 1.165) is 0 Å². The van der Waals surface area contributed by atoms with Crippen LogP contribution in [0.15, 0.2) is 54.6 Å². The summed E-state index contributed by atoms with van der Waals surface area (Å²) in [5.41, 5.74) is 2.35. The van der Waals surface area contributed by atoms with Crippen LogP contribution in [0.25, 0.3) is 0 Å². The van der Waals surface area contributed by atoms with Gasteiger partial charge in [-0.3, -0.25) is 4.79 Å². The number of benzene rings is 2. The molecular weight excluding hydrogens is 290 g/mol. The highest BCUT2D eigenvalue weighted by Crippen LogP contribution is 2.23. The first-order valence-electron chi connectivity index (χ1n) is 7.49. The van der Waals surface area contributed by atoms with Crippen molar-refractivity contribution in [3.05, 3.63) is 65.7 Å². The number of amides is 1. The van der Waals surface area contributed by atoms with Crippen LogP contribution >= 0.6 is 0 Å². The van der Waals surface area contributed by atoms with Crippen molar-refractivity contribution < 1.29 is 14.3 Å². The van der Waals surface area contributed by atoms with Crippen LogP contribution in [-0.4, -0.2) is 18.5 Å². The fourth-order valence-corrected chi connectivity index (χ4v) is 2.04. The molecule has 23 heavy (non-hydrogen) atoms. The van der Waals surface area contributed by atoms with Gasteiger partial charge in [-0.2, -0.15) is 0 Å². The van der Waals surface area contributed by atoms with Crippen LogP contribution < -0.4 is 5.32 Å². The number of hydrogen-bond acceptors (Lipinski definition) is 3. The highest BCUT2D eigenvalue weighted by atomic mass is 16.5. The maximum atomic E-state index is 11.8. The topological polar surface area (TPSA) is 55.4 Å². The van der Waals surface area contributed by atoms with Crippen molar-refractivity contribution in [3.8, 4) is 0 Å². The Bertz CT molecular complexity index is 670. The quantitative estimate of drug-likeness (QED) is 0.874. The average molecular weight is 311 g/mol. The summed E-state index contributed by atoms with van der Waals surface area (Å²) < 4.78 is 4.99. The van der Waals surface area contributed by atoms with Gasteiger partial charge in [-0.1, -0.05) is 51.1 Å². The van der Waals surface area contributed by atoms with Crippen molar-refractivity contribution in [1.29, 1.82) is 0 Å². The summed E-state index contributed by atoms with van der Waals surface area (Å²) in [6, 6.07) is 16.2. The van der Waals surface area contributed by atoms with Crippen LogP contribution in [0.2, 0.25) is 0 Å². The lowest BCUT2D eigenvalue weighted by Gasteiger charge is -2.19. The van der Waals surface area contributed by atoms with Crippen LogP contribution in [0, 0.1) is 0 Å². The molecule has 0 saturated carbocycles. The molecule has 0 heterocycles. The van der Waals surface area contributed by atoms with Crippen LogP contribution in [0.3, 0.4) is 0 Å². The molecule has 1 N–H and O–H groups in total. The SMILES string of the molecule is CC(C)(C)c1ccc(NC(=O)COC(=O)c2ccccc2)cc1. The summed E-state index contributed by atoms with van der Waals surface area (Å²) >= 11 is 0. The molecule has 0 fully saturated rings. The fraction of sp³-hybridized carbons (Fsp3) is 0.263. The second-order valence-corrected chi connectivity index (χ2v) is 6.32. The van der Waals surface area contributed by atoms with Gasteiger partial charge in [-0.25, -0.2) is 4.79 Å². The van der Waals surface area contributed by atoms with Crippen LogP contribution in [0.1, 0.15) is 36.7 Å². The van der Waals surface area contributed by atoms with Gasteiger partial charge >= 0.3 is 5.97 Å². The van der Waals surface area contributed by atoms with Gasteiger partial charge in [0, 0.05) is 5.69 Å². The predicted molar refractivity (Wildman–Crippen MR) is 90.5 cm³/mol. The van der Waals surface area contributed by atoms with E-state index in [1.807, 2.05) is 30.3 Å². The van der Waals surface area contributed by atoms with E-state index in [9.17, 15) is 9.59 Å². The minimum absolute atomic E-state index is 0.0632. The van der Waals surface area contributed by atoms with E-state index >= 15 is 0 Å². The van der Waals surface area contributed by atoms with Gasteiger partial charge in [0.15, 0.2) is 6.61 Å². The van der Waals surface area contributed by atoms with E-state index in [1.54, 1.807) is 24.3 Å². The lowest BCUT2D eigenvalue weighted by Crippen LogP contribution is -2.21. The lowest BCUT2D eigenvalue weighted by molar-refractivity contribution is -0.119. The third-order valence-corrected chi connectivity index (χ3v) is 3.38. The highest BCUT2D eigenvalue weighted by molar-refractivity contribution is 5.95. The molecule has 0 aliphatic rings. The molecule has 2 aromatic carbocycles. The molecule has 0 aliphatic carbocycles. The van der Waals surface area contributed by atoms with Crippen molar-refractivity contribution in [2.45, 2.75) is 26.2 Å². The van der Waals surface area contributed by atoms with Crippen molar-refractivity contribution >= 4 is 17.6 Å². The number of hydrogen-bond donors (Lipinski definition) is 1. The first kappa shape index (κ1) is 16.7. The Morgan fingerprint density at radius 1 is 0.957 bits per heavy atom. The molecule has 0 aromatic heterocycles. The van der Waals surface area contributed by atoms with E-state index in [1.165, 1.54) is 5.56 Å². The summed E-state index contributed by atoms with van der Waals surface area (Å²) in [6.45, 7) is 6.08. The normalized spacial score (nSPS) is 10.9. The van der Waals surface area contributed by atoms with E-state index in [2.05, 4.69) is 26.1 Å². The maximum absolute atomic E-state index is 11.8. The molecule has 2 rings (SSSR count). The van der Waals surface area contributed by atoms with Crippen LogP contribution in [-0.2, 0) is 14.9 Å². The first-order valence-corrected chi connectivity index (χ1v) is 7.49. The Morgan fingerprint density at radius 3 is 2.13 bits per heavy atom. The largest absolute Gasteiger partial charge is 0.452 e. The molecule has 120 valence electrons. The Hall–Kier alpha value is -2.62. The van der Waals surface area contributed by atoms with Gasteiger partial charge in [-0.05, 0) is 35.2 Å². The van der Waals surface area contributed by atoms with E-state index in [-0.39, 0.29) is 17.9 Å². The van der Waals surface area contributed by atoms with E-state index in [0.29, 0.717) is 11.3 Å². The Balaban J connectivity index is 1.86. The molecule has 0 atom stereocenters. The van der Waals surface area contributed by atoms with Crippen molar-refractivity contribution in [2.75, 3.05) is 11.9 Å². The number of anilines is 1. The number of nitrogens with one attached hydrogen (secondary N) is 1. The van der Waals surface area contributed by atoms with Gasteiger partial charge in [0.25, 0.3) is 5.91 Å². The molecule has 2 aromatic rings. The van der Waals surface area contributed by atoms with Crippen molar-refractivity contribution in [2.24, 2.45) is 0 Å². The minimum atomic E-state index is -0.510.